The first-order valence-electron chi connectivity index (χ1n) is 11.1. The van der Waals surface area contributed by atoms with E-state index >= 15 is 0 Å². The number of ketones is 1. The number of hydrogen-bond donors (Lipinski definition) is 2. The van der Waals surface area contributed by atoms with E-state index in [0.717, 1.165) is 38.0 Å². The Morgan fingerprint density at radius 3 is 2.19 bits per heavy atom. The third-order valence-corrected chi connectivity index (χ3v) is 6.30. The summed E-state index contributed by atoms with van der Waals surface area (Å²) in [5, 5.41) is 0. The van der Waals surface area contributed by atoms with Crippen molar-refractivity contribution in [2.45, 2.75) is 46.0 Å². The highest BCUT2D eigenvalue weighted by Gasteiger charge is 2.41. The van der Waals surface area contributed by atoms with Gasteiger partial charge in [0.1, 0.15) is 5.78 Å². The van der Waals surface area contributed by atoms with E-state index in [4.69, 9.17) is 4.74 Å². The third-order valence-electron chi connectivity index (χ3n) is 6.30. The first kappa shape index (κ1) is 22.8. The monoisotopic (exact) mass is 429 g/mol. The highest BCUT2D eigenvalue weighted by atomic mass is 16.5. The summed E-state index contributed by atoms with van der Waals surface area (Å²) in [6.07, 6.45) is 3.72. The number of hydrogen-bond acceptors (Lipinski definition) is 6. The van der Waals surface area contributed by atoms with E-state index in [1.807, 2.05) is 12.1 Å². The summed E-state index contributed by atoms with van der Waals surface area (Å²) in [6, 6.07) is 7.10. The first-order chi connectivity index (χ1) is 14.9. The summed E-state index contributed by atoms with van der Waals surface area (Å²) in [5.41, 5.74) is 6.02. The van der Waals surface area contributed by atoms with E-state index < -0.39 is 24.4 Å². The molecule has 1 aromatic rings. The van der Waals surface area contributed by atoms with Gasteiger partial charge in [-0.15, -0.1) is 0 Å². The maximum Gasteiger partial charge on any atom is 0.309 e. The number of carbonyl (C=O) groups excluding carboxylic acids is 4. The number of benzene rings is 1. The summed E-state index contributed by atoms with van der Waals surface area (Å²) in [5.74, 6) is -1.67. The highest BCUT2D eigenvalue weighted by molar-refractivity contribution is 5.96. The van der Waals surface area contributed by atoms with Crippen LogP contribution in [-0.4, -0.2) is 43.3 Å². The van der Waals surface area contributed by atoms with Gasteiger partial charge in [0.25, 0.3) is 11.8 Å². The van der Waals surface area contributed by atoms with E-state index in [1.165, 1.54) is 0 Å². The lowest BCUT2D eigenvalue weighted by Gasteiger charge is -2.36. The molecule has 8 heteroatoms. The molecule has 3 rings (SSSR count). The van der Waals surface area contributed by atoms with Gasteiger partial charge in [0.05, 0.1) is 5.92 Å². The van der Waals surface area contributed by atoms with Gasteiger partial charge in [0.2, 0.25) is 0 Å². The molecular weight excluding hydrogens is 398 g/mol. The molecule has 2 bridgehead atoms. The standard InChI is InChI=1S/C23H31N3O5/c1-3-26(4-2)19-10-8-15(9-11-19)22(29)25-24-20(27)14-31-23(30)18-12-16-6-5-7-17(13-18)21(16)28/h8-11,16-18H,3-7,12-14H2,1-2H3,(H,24,27)(H,25,29)/t16-,17-/m1/s1. The van der Waals surface area contributed by atoms with Gasteiger partial charge in [-0.2, -0.15) is 0 Å². The topological polar surface area (TPSA) is 105 Å². The normalized spacial score (nSPS) is 22.4. The van der Waals surface area contributed by atoms with Gasteiger partial charge >= 0.3 is 5.97 Å². The zero-order valence-corrected chi connectivity index (χ0v) is 18.2. The van der Waals surface area contributed by atoms with Crippen LogP contribution in [0.15, 0.2) is 24.3 Å². The molecule has 2 atom stereocenters. The molecular formula is C23H31N3O5. The van der Waals surface area contributed by atoms with Gasteiger partial charge in [-0.1, -0.05) is 6.42 Å². The highest BCUT2D eigenvalue weighted by Crippen LogP contribution is 2.40. The lowest BCUT2D eigenvalue weighted by atomic mass is 9.67. The lowest BCUT2D eigenvalue weighted by molar-refractivity contribution is -0.156. The predicted octanol–water partition coefficient (Wildman–Crippen LogP) is 2.23. The number of hydrazine groups is 1. The molecule has 0 aliphatic heterocycles. The Kier molecular flexibility index (Phi) is 7.65. The van der Waals surface area contributed by atoms with E-state index in [0.29, 0.717) is 18.4 Å². The average molecular weight is 430 g/mol. The Bertz CT molecular complexity index is 803. The Labute approximate surface area is 182 Å². The molecule has 0 spiro atoms. The van der Waals surface area contributed by atoms with E-state index in [2.05, 4.69) is 29.6 Å². The molecule has 2 amide bonds. The maximum absolute atomic E-state index is 12.3. The maximum atomic E-state index is 12.3. The SMILES string of the molecule is CCN(CC)c1ccc(C(=O)NNC(=O)COC(=O)C2C[C@H]3CCC[C@H](C2)C3=O)cc1. The summed E-state index contributed by atoms with van der Waals surface area (Å²) in [6.45, 7) is 5.39. The lowest BCUT2D eigenvalue weighted by Crippen LogP contribution is -2.44. The Morgan fingerprint density at radius 1 is 1.00 bits per heavy atom. The van der Waals surface area contributed by atoms with Gasteiger partial charge in [-0.3, -0.25) is 30.0 Å². The molecule has 2 N–H and O–H groups in total. The average Bonchev–Trinajstić information content (AvgIpc) is 2.77. The minimum atomic E-state index is -0.617. The Hall–Kier alpha value is -2.90. The summed E-state index contributed by atoms with van der Waals surface area (Å²) in [7, 11) is 0. The molecule has 0 aromatic heterocycles. The van der Waals surface area contributed by atoms with Crippen LogP contribution in [0.3, 0.4) is 0 Å². The number of anilines is 1. The number of Topliss-reactive ketones (excluding diaryl/α,β-unsaturated/α-hetero) is 1. The van der Waals surface area contributed by atoms with E-state index in [9.17, 15) is 19.2 Å². The molecule has 31 heavy (non-hydrogen) atoms. The van der Waals surface area contributed by atoms with Gasteiger partial charge in [0, 0.05) is 36.2 Å². The smallest absolute Gasteiger partial charge is 0.309 e. The third kappa shape index (κ3) is 5.62. The zero-order chi connectivity index (χ0) is 22.4. The second-order valence-electron chi connectivity index (χ2n) is 8.22. The molecule has 2 fully saturated rings. The quantitative estimate of drug-likeness (QED) is 0.509. The van der Waals surface area contributed by atoms with Crippen LogP contribution in [0.25, 0.3) is 0 Å². The molecule has 8 nitrogen and oxygen atoms in total. The molecule has 1 aromatic carbocycles. The Morgan fingerprint density at radius 2 is 1.61 bits per heavy atom. The van der Waals surface area contributed by atoms with Gasteiger partial charge in [-0.05, 0) is 63.8 Å². The van der Waals surface area contributed by atoms with Crippen molar-refractivity contribution in [1.29, 1.82) is 0 Å². The van der Waals surface area contributed by atoms with Crippen LogP contribution in [-0.2, 0) is 19.1 Å². The van der Waals surface area contributed by atoms with Crippen LogP contribution in [0.5, 0.6) is 0 Å². The van der Waals surface area contributed by atoms with E-state index in [1.54, 1.807) is 12.1 Å². The van der Waals surface area contributed by atoms with Crippen molar-refractivity contribution in [3.63, 3.8) is 0 Å². The number of rotatable bonds is 7. The number of esters is 1. The minimum absolute atomic E-state index is 0.0497. The van der Waals surface area contributed by atoms with Crippen LogP contribution < -0.4 is 15.8 Å². The molecule has 0 unspecified atom stereocenters. The molecule has 0 heterocycles. The van der Waals surface area contributed by atoms with Crippen molar-refractivity contribution in [3.8, 4) is 0 Å². The zero-order valence-electron chi connectivity index (χ0n) is 18.2. The molecule has 2 saturated carbocycles. The molecule has 0 saturated heterocycles. The van der Waals surface area contributed by atoms with Gasteiger partial charge < -0.3 is 9.64 Å². The van der Waals surface area contributed by atoms with Gasteiger partial charge in [-0.25, -0.2) is 0 Å². The number of ether oxygens (including phenoxy) is 1. The largest absolute Gasteiger partial charge is 0.455 e. The number of nitrogens with zero attached hydrogens (tertiary/aromatic N) is 1. The molecule has 168 valence electrons. The minimum Gasteiger partial charge on any atom is -0.455 e. The van der Waals surface area contributed by atoms with Crippen LogP contribution in [0.4, 0.5) is 5.69 Å². The second-order valence-corrected chi connectivity index (χ2v) is 8.22. The molecule has 2 aliphatic carbocycles. The Balaban J connectivity index is 1.41. The molecule has 0 radical (unpaired) electrons. The second kappa shape index (κ2) is 10.4. The van der Waals surface area contributed by atoms with Gasteiger partial charge in [0.15, 0.2) is 6.61 Å². The van der Waals surface area contributed by atoms with E-state index in [-0.39, 0.29) is 23.5 Å². The summed E-state index contributed by atoms with van der Waals surface area (Å²) < 4.78 is 5.13. The van der Waals surface area contributed by atoms with Crippen molar-refractivity contribution in [2.24, 2.45) is 17.8 Å². The van der Waals surface area contributed by atoms with Crippen molar-refractivity contribution in [2.75, 3.05) is 24.6 Å². The summed E-state index contributed by atoms with van der Waals surface area (Å²) in [4.78, 5) is 50.8. The first-order valence-corrected chi connectivity index (χ1v) is 11.1. The fraction of sp³-hybridized carbons (Fsp3) is 0.565. The number of fused-ring (bicyclic) bond motifs is 2. The predicted molar refractivity (Wildman–Crippen MR) is 115 cm³/mol. The fourth-order valence-electron chi connectivity index (χ4n) is 4.57. The van der Waals surface area contributed by atoms with Crippen molar-refractivity contribution in [1.82, 2.24) is 10.9 Å². The number of carbonyl (C=O) groups is 4. The van der Waals surface area contributed by atoms with Crippen molar-refractivity contribution >= 4 is 29.3 Å². The fourth-order valence-corrected chi connectivity index (χ4v) is 4.57. The summed E-state index contributed by atoms with van der Waals surface area (Å²) >= 11 is 0. The number of amides is 2. The van der Waals surface area contributed by atoms with Crippen LogP contribution in [0.1, 0.15) is 56.3 Å². The van der Waals surface area contributed by atoms with Crippen LogP contribution >= 0.6 is 0 Å². The van der Waals surface area contributed by atoms with Crippen molar-refractivity contribution in [3.05, 3.63) is 29.8 Å². The number of nitrogens with one attached hydrogen (secondary N) is 2. The molecule has 2 aliphatic rings. The van der Waals surface area contributed by atoms with Crippen LogP contribution in [0.2, 0.25) is 0 Å². The van der Waals surface area contributed by atoms with Crippen LogP contribution in [0, 0.1) is 17.8 Å². The van der Waals surface area contributed by atoms with Crippen molar-refractivity contribution < 1.29 is 23.9 Å².